The maximum atomic E-state index is 11.0. The molecule has 10 heteroatoms. The van der Waals surface area contributed by atoms with Gasteiger partial charge in [-0.1, -0.05) is 11.6 Å². The van der Waals surface area contributed by atoms with E-state index in [1.54, 1.807) is 0 Å². The molecule has 0 aromatic carbocycles. The normalized spacial score (nSPS) is 10.9. The van der Waals surface area contributed by atoms with Crippen LogP contribution in [0.25, 0.3) is 17.2 Å². The van der Waals surface area contributed by atoms with Gasteiger partial charge >= 0.3 is 11.9 Å². The summed E-state index contributed by atoms with van der Waals surface area (Å²) in [7, 11) is 0. The number of pyridine rings is 1. The van der Waals surface area contributed by atoms with E-state index in [1.807, 2.05) is 0 Å². The first-order valence-electron chi connectivity index (χ1n) is 5.49. The van der Waals surface area contributed by atoms with Crippen LogP contribution in [-0.2, 0) is 0 Å². The lowest BCUT2D eigenvalue weighted by molar-refractivity contribution is -0.401. The molecular weight excluding hydrogens is 304 g/mol. The van der Waals surface area contributed by atoms with Crippen LogP contribution < -0.4 is 0 Å². The number of hydrogen-bond donors (Lipinski definition) is 1. The van der Waals surface area contributed by atoms with Gasteiger partial charge in [0.15, 0.2) is 11.4 Å². The maximum absolute atomic E-state index is 11.0. The number of nitro groups is 1. The van der Waals surface area contributed by atoms with E-state index in [1.165, 1.54) is 28.8 Å². The highest BCUT2D eigenvalue weighted by Crippen LogP contribution is 2.27. The van der Waals surface area contributed by atoms with Crippen LogP contribution in [0.2, 0.25) is 5.02 Å². The largest absolute Gasteiger partial charge is 0.478 e. The van der Waals surface area contributed by atoms with Crippen molar-refractivity contribution < 1.29 is 19.2 Å². The van der Waals surface area contributed by atoms with Crippen LogP contribution in [-0.4, -0.2) is 30.6 Å². The summed E-state index contributed by atoms with van der Waals surface area (Å²) in [5.74, 6) is -1.44. The average Bonchev–Trinajstić information content (AvgIpc) is 3.04. The third-order valence-corrected chi connectivity index (χ3v) is 2.98. The first-order chi connectivity index (χ1) is 9.97. The maximum Gasteiger partial charge on any atom is 0.433 e. The minimum Gasteiger partial charge on any atom is -0.478 e. The fraction of sp³-hybridized carbons (Fsp3) is 0. The average molecular weight is 309 g/mol. The van der Waals surface area contributed by atoms with Crippen molar-refractivity contribution in [2.75, 3.05) is 0 Å². The third kappa shape index (κ3) is 2.09. The zero-order valence-electron chi connectivity index (χ0n) is 10.1. The van der Waals surface area contributed by atoms with Gasteiger partial charge in [-0.3, -0.25) is 14.5 Å². The highest BCUT2D eigenvalue weighted by Gasteiger charge is 2.19. The molecule has 0 fully saturated rings. The number of carboxylic acids is 1. The number of furan rings is 1. The van der Waals surface area contributed by atoms with Crippen LogP contribution in [0, 0.1) is 10.1 Å². The molecule has 0 saturated heterocycles. The van der Waals surface area contributed by atoms with Gasteiger partial charge in [-0.25, -0.2) is 4.79 Å². The predicted molar refractivity (Wildman–Crippen MR) is 69.3 cm³/mol. The Hall–Kier alpha value is -2.94. The number of halogens is 1. The van der Waals surface area contributed by atoms with E-state index < -0.39 is 16.8 Å². The molecule has 0 aliphatic carbocycles. The molecule has 0 saturated carbocycles. The molecule has 0 aliphatic heterocycles. The topological polar surface area (TPSA) is 124 Å². The molecule has 106 valence electrons. The molecule has 0 aliphatic rings. The highest BCUT2D eigenvalue weighted by atomic mass is 35.5. The van der Waals surface area contributed by atoms with Crippen LogP contribution in [0.3, 0.4) is 0 Å². The van der Waals surface area contributed by atoms with Gasteiger partial charge < -0.3 is 9.52 Å². The molecule has 9 nitrogen and oxygen atoms in total. The quantitative estimate of drug-likeness (QED) is 0.581. The molecule has 3 rings (SSSR count). The second-order valence-electron chi connectivity index (χ2n) is 3.99. The van der Waals surface area contributed by atoms with Crippen LogP contribution >= 0.6 is 11.6 Å². The summed E-state index contributed by atoms with van der Waals surface area (Å²) in [5, 5.41) is 27.4. The number of fused-ring (bicyclic) bond motifs is 1. The van der Waals surface area contributed by atoms with E-state index in [4.69, 9.17) is 21.1 Å². The smallest absolute Gasteiger partial charge is 0.433 e. The molecular formula is C11H5ClN4O5. The third-order valence-electron chi connectivity index (χ3n) is 2.70. The Morgan fingerprint density at radius 2 is 2.19 bits per heavy atom. The molecule has 0 bridgehead atoms. The minimum atomic E-state index is -1.18. The van der Waals surface area contributed by atoms with Gasteiger partial charge in [0, 0.05) is 6.20 Å². The van der Waals surface area contributed by atoms with Crippen molar-refractivity contribution in [3.63, 3.8) is 0 Å². The fourth-order valence-corrected chi connectivity index (χ4v) is 2.03. The van der Waals surface area contributed by atoms with Crippen molar-refractivity contribution in [2.45, 2.75) is 0 Å². The van der Waals surface area contributed by atoms with Crippen molar-refractivity contribution in [1.29, 1.82) is 0 Å². The molecule has 0 unspecified atom stereocenters. The minimum absolute atomic E-state index is 0.0744. The fourth-order valence-electron chi connectivity index (χ4n) is 1.78. The van der Waals surface area contributed by atoms with Gasteiger partial charge in [-0.2, -0.15) is 0 Å². The van der Waals surface area contributed by atoms with Crippen LogP contribution in [0.1, 0.15) is 10.4 Å². The van der Waals surface area contributed by atoms with Gasteiger partial charge in [-0.05, 0) is 12.1 Å². The Labute approximate surface area is 120 Å². The Morgan fingerprint density at radius 3 is 2.81 bits per heavy atom. The molecule has 3 aromatic heterocycles. The summed E-state index contributed by atoms with van der Waals surface area (Å²) in [6.45, 7) is 0. The molecule has 3 heterocycles. The van der Waals surface area contributed by atoms with E-state index in [-0.39, 0.29) is 27.8 Å². The Kier molecular flexibility index (Phi) is 2.84. The zero-order valence-corrected chi connectivity index (χ0v) is 10.8. The molecule has 0 amide bonds. The Morgan fingerprint density at radius 1 is 1.43 bits per heavy atom. The van der Waals surface area contributed by atoms with Crippen molar-refractivity contribution >= 4 is 29.1 Å². The molecule has 21 heavy (non-hydrogen) atoms. The monoisotopic (exact) mass is 308 g/mol. The number of rotatable bonds is 3. The van der Waals surface area contributed by atoms with Gasteiger partial charge in [0.2, 0.25) is 5.82 Å². The number of carboxylic acid groups (broad SMARTS) is 1. The van der Waals surface area contributed by atoms with E-state index in [9.17, 15) is 14.9 Å². The van der Waals surface area contributed by atoms with Gasteiger partial charge in [-0.15, -0.1) is 10.2 Å². The van der Waals surface area contributed by atoms with Crippen molar-refractivity contribution in [3.8, 4) is 11.6 Å². The molecule has 1 N–H and O–H groups in total. The number of nitrogens with zero attached hydrogens (tertiary/aromatic N) is 4. The molecule has 0 radical (unpaired) electrons. The summed E-state index contributed by atoms with van der Waals surface area (Å²) >= 11 is 5.94. The number of carbonyl (C=O) groups is 1. The van der Waals surface area contributed by atoms with E-state index >= 15 is 0 Å². The highest BCUT2D eigenvalue weighted by molar-refractivity contribution is 6.33. The summed E-state index contributed by atoms with van der Waals surface area (Å²) in [6.07, 6.45) is 1.26. The molecule has 0 spiro atoms. The summed E-state index contributed by atoms with van der Waals surface area (Å²) in [6, 6.07) is 3.75. The van der Waals surface area contributed by atoms with Crippen LogP contribution in [0.4, 0.5) is 5.88 Å². The first kappa shape index (κ1) is 13.1. The van der Waals surface area contributed by atoms with Gasteiger partial charge in [0.25, 0.3) is 0 Å². The molecule has 0 atom stereocenters. The second kappa shape index (κ2) is 4.56. The number of aromatic nitrogens is 3. The van der Waals surface area contributed by atoms with E-state index in [2.05, 4.69) is 10.2 Å². The number of aromatic carboxylic acids is 1. The zero-order chi connectivity index (χ0) is 15.1. The second-order valence-corrected chi connectivity index (χ2v) is 4.40. The lowest BCUT2D eigenvalue weighted by atomic mass is 10.3. The van der Waals surface area contributed by atoms with Crippen molar-refractivity contribution in [2.24, 2.45) is 0 Å². The van der Waals surface area contributed by atoms with Gasteiger partial charge in [0.1, 0.15) is 4.92 Å². The van der Waals surface area contributed by atoms with Crippen LogP contribution in [0.15, 0.2) is 28.8 Å². The van der Waals surface area contributed by atoms with Crippen molar-refractivity contribution in [3.05, 3.63) is 45.1 Å². The number of hydrogen-bond acceptors (Lipinski definition) is 6. The summed E-state index contributed by atoms with van der Waals surface area (Å²) in [5.41, 5.74) is 0.144. The van der Waals surface area contributed by atoms with Crippen LogP contribution in [0.5, 0.6) is 0 Å². The standard InChI is InChI=1S/C11H5ClN4O5/c12-6-3-5(11(17)18)4-15-9(6)13-14-10(15)7-1-2-8(21-7)16(19)20/h1-4H,(H,17,18). The lowest BCUT2D eigenvalue weighted by Crippen LogP contribution is -2.00. The van der Waals surface area contributed by atoms with E-state index in [0.29, 0.717) is 0 Å². The van der Waals surface area contributed by atoms with E-state index in [0.717, 1.165) is 0 Å². The predicted octanol–water partition coefficient (Wildman–Crippen LogP) is 2.25. The summed E-state index contributed by atoms with van der Waals surface area (Å²) in [4.78, 5) is 21.0. The Bertz CT molecular complexity index is 884. The first-order valence-corrected chi connectivity index (χ1v) is 5.87. The Balaban J connectivity index is 2.22. The van der Waals surface area contributed by atoms with Gasteiger partial charge in [0.05, 0.1) is 16.7 Å². The SMILES string of the molecule is O=C(O)c1cc(Cl)c2nnc(-c3ccc([N+](=O)[O-])o3)n2c1. The van der Waals surface area contributed by atoms with Crippen molar-refractivity contribution in [1.82, 2.24) is 14.6 Å². The summed E-state index contributed by atoms with van der Waals surface area (Å²) < 4.78 is 6.32. The lowest BCUT2D eigenvalue weighted by Gasteiger charge is -2.00. The molecule has 3 aromatic rings.